The van der Waals surface area contributed by atoms with Crippen LogP contribution in [0.1, 0.15) is 0 Å². The fourth-order valence-corrected chi connectivity index (χ4v) is 14.1. The average molecular weight is 616 g/mol. The molecule has 0 aromatic heterocycles. The van der Waals surface area contributed by atoms with E-state index >= 15 is 0 Å². The van der Waals surface area contributed by atoms with E-state index in [1.165, 1.54) is 0 Å². The molecule has 4 aromatic carbocycles. The van der Waals surface area contributed by atoms with Crippen molar-refractivity contribution < 1.29 is 18.1 Å². The van der Waals surface area contributed by atoms with Gasteiger partial charge in [-0.05, 0) is 48.5 Å². The Morgan fingerprint density at radius 2 is 0.700 bits per heavy atom. The lowest BCUT2D eigenvalue weighted by molar-refractivity contribution is 0.477. The first-order chi connectivity index (χ1) is 19.1. The van der Waals surface area contributed by atoms with Crippen molar-refractivity contribution in [2.75, 3.05) is 0 Å². The Bertz CT molecular complexity index is 1640. The van der Waals surface area contributed by atoms with Crippen molar-refractivity contribution >= 4 is 30.3 Å². The quantitative estimate of drug-likeness (QED) is 0.143. The maximum absolute atomic E-state index is 6.86. The van der Waals surface area contributed by atoms with Gasteiger partial charge in [-0.2, -0.15) is 4.52 Å². The monoisotopic (exact) mass is 616 g/mol. The highest BCUT2D eigenvalue weighted by molar-refractivity contribution is 7.81. The zero-order valence-corrected chi connectivity index (χ0v) is 24.6. The topological polar surface area (TPSA) is 190 Å². The molecule has 1 aliphatic rings. The third-order valence-electron chi connectivity index (χ3n) is 4.93. The van der Waals surface area contributed by atoms with E-state index in [0.29, 0.717) is 23.0 Å². The van der Waals surface area contributed by atoms with Crippen LogP contribution in [0.4, 0.5) is 0 Å². The first-order valence-electron chi connectivity index (χ1n) is 11.8. The molecule has 0 radical (unpaired) electrons. The second-order valence-electron chi connectivity index (χ2n) is 8.34. The van der Waals surface area contributed by atoms with Crippen LogP contribution in [-0.4, -0.2) is 0 Å². The minimum absolute atomic E-state index is 0.386. The van der Waals surface area contributed by atoms with Crippen LogP contribution in [0.2, 0.25) is 0 Å². The zero-order valence-electron chi connectivity index (χ0n) is 21.1. The number of nitrogens with two attached hydrogens (primary N) is 4. The van der Waals surface area contributed by atoms with E-state index in [1.54, 1.807) is 97.1 Å². The van der Waals surface area contributed by atoms with Gasteiger partial charge in [-0.25, -0.2) is 11.0 Å². The molecule has 208 valence electrons. The van der Waals surface area contributed by atoms with Crippen LogP contribution in [0.25, 0.3) is 0 Å². The molecule has 40 heavy (non-hydrogen) atoms. The number of benzene rings is 4. The molecule has 0 amide bonds. The maximum atomic E-state index is 6.86. The number of rotatable bonds is 8. The third kappa shape index (κ3) is 7.52. The van der Waals surface area contributed by atoms with Gasteiger partial charge in [-0.3, -0.25) is 11.0 Å². The molecule has 4 aromatic rings. The van der Waals surface area contributed by atoms with Crippen LogP contribution < -0.4 is 40.1 Å². The predicted molar refractivity (Wildman–Crippen MR) is 162 cm³/mol. The van der Waals surface area contributed by atoms with Crippen LogP contribution in [0.5, 0.6) is 23.0 Å². The molecule has 8 N–H and O–H groups in total. The summed E-state index contributed by atoms with van der Waals surface area (Å²) in [5, 5.41) is 0. The van der Waals surface area contributed by atoms with Crippen LogP contribution in [0.15, 0.2) is 139 Å². The van der Waals surface area contributed by atoms with E-state index < -0.39 is 30.3 Å². The molecule has 1 heterocycles. The molecule has 0 saturated heterocycles. The maximum Gasteiger partial charge on any atom is 0.455 e. The summed E-state index contributed by atoms with van der Waals surface area (Å²) in [6.45, 7) is 0. The Hall–Kier alpha value is -3.16. The summed E-state index contributed by atoms with van der Waals surface area (Å²) in [6.07, 6.45) is 0. The summed E-state index contributed by atoms with van der Waals surface area (Å²) in [4.78, 5) is 0. The lowest BCUT2D eigenvalue weighted by Gasteiger charge is -2.29. The van der Waals surface area contributed by atoms with Gasteiger partial charge in [0.15, 0.2) is 0 Å². The standard InChI is InChI=1S/C24H28N8O4P4/c25-37(26)29-38(27,33-21-13-5-1-6-14-21)31-39(28,34-22-15-7-2-8-16-22)32-40(30-37,35-23-17-9-3-10-18-23)36-24-19-11-4-12-20-24/h1-20H,25-28H2. The Morgan fingerprint density at radius 1 is 0.375 bits per heavy atom. The minimum atomic E-state index is -3.86. The van der Waals surface area contributed by atoms with Gasteiger partial charge in [0.2, 0.25) is 7.51 Å². The van der Waals surface area contributed by atoms with Crippen molar-refractivity contribution in [3.63, 3.8) is 0 Å². The van der Waals surface area contributed by atoms with Crippen molar-refractivity contribution in [1.29, 1.82) is 0 Å². The highest BCUT2D eigenvalue weighted by atomic mass is 31.3. The minimum Gasteiger partial charge on any atom is -0.431 e. The smallest absolute Gasteiger partial charge is 0.431 e. The van der Waals surface area contributed by atoms with E-state index in [-0.39, 0.29) is 0 Å². The molecule has 0 fully saturated rings. The van der Waals surface area contributed by atoms with E-state index in [1.807, 2.05) is 24.3 Å². The highest BCUT2D eigenvalue weighted by Gasteiger charge is 2.39. The Morgan fingerprint density at radius 3 is 1.07 bits per heavy atom. The van der Waals surface area contributed by atoms with Gasteiger partial charge in [0, 0.05) is 0 Å². The van der Waals surface area contributed by atoms with E-state index in [2.05, 4.69) is 13.5 Å². The number of para-hydroxylation sites is 4. The Balaban J connectivity index is 1.76. The molecule has 5 rings (SSSR count). The lowest BCUT2D eigenvalue weighted by Crippen LogP contribution is -2.13. The second kappa shape index (κ2) is 11.8. The van der Waals surface area contributed by atoms with Crippen LogP contribution in [-0.2, 0) is 0 Å². The van der Waals surface area contributed by atoms with Gasteiger partial charge in [0.25, 0.3) is 0 Å². The third-order valence-corrected chi connectivity index (χ3v) is 15.0. The van der Waals surface area contributed by atoms with Crippen LogP contribution in [0, 0.1) is 0 Å². The van der Waals surface area contributed by atoms with Crippen molar-refractivity contribution in [2.24, 2.45) is 40.1 Å². The molecule has 0 bridgehead atoms. The predicted octanol–water partition coefficient (Wildman–Crippen LogP) is 7.94. The molecule has 2 unspecified atom stereocenters. The number of nitrogens with zero attached hydrogens (tertiary/aromatic N) is 4. The SMILES string of the molecule is NP1(N)=NP(Oc2ccccc2)(Oc2ccccc2)=NP(N)(Oc2ccccc2)=NP(N)(Oc2ccccc2)=N1. The van der Waals surface area contributed by atoms with Gasteiger partial charge in [0.05, 0.1) is 0 Å². The summed E-state index contributed by atoms with van der Waals surface area (Å²) in [6, 6.07) is 35.3. The summed E-state index contributed by atoms with van der Waals surface area (Å²) in [5.74, 6) is 1.55. The van der Waals surface area contributed by atoms with Gasteiger partial charge in [-0.15, -0.1) is 13.5 Å². The van der Waals surface area contributed by atoms with Gasteiger partial charge in [0.1, 0.15) is 23.0 Å². The van der Waals surface area contributed by atoms with Gasteiger partial charge in [-0.1, -0.05) is 72.8 Å². The largest absolute Gasteiger partial charge is 0.455 e. The normalized spacial score (nSPS) is 22.9. The van der Waals surface area contributed by atoms with Crippen molar-refractivity contribution in [3.05, 3.63) is 121 Å². The molecular weight excluding hydrogens is 588 g/mol. The van der Waals surface area contributed by atoms with Gasteiger partial charge >= 0.3 is 22.8 Å². The van der Waals surface area contributed by atoms with Crippen molar-refractivity contribution in [3.8, 4) is 23.0 Å². The summed E-state index contributed by atoms with van der Waals surface area (Å²) in [5.41, 5.74) is 26.5. The average Bonchev–Trinajstić information content (AvgIpc) is 2.89. The summed E-state index contributed by atoms with van der Waals surface area (Å²) in [7, 11) is -15.0. The highest BCUT2D eigenvalue weighted by Crippen LogP contribution is 2.72. The fraction of sp³-hybridized carbons (Fsp3) is 0. The Labute approximate surface area is 232 Å². The van der Waals surface area contributed by atoms with Crippen molar-refractivity contribution in [2.45, 2.75) is 0 Å². The Kier molecular flexibility index (Phi) is 8.34. The summed E-state index contributed by atoms with van der Waals surface area (Å²) >= 11 is 0. The fourth-order valence-electron chi connectivity index (χ4n) is 3.48. The van der Waals surface area contributed by atoms with Gasteiger partial charge < -0.3 is 18.1 Å². The molecular formula is C24H28N8O4P4. The first-order valence-corrected chi connectivity index (χ1v) is 18.5. The van der Waals surface area contributed by atoms with Crippen LogP contribution >= 0.6 is 30.3 Å². The molecule has 0 aliphatic carbocycles. The number of hydrogen-bond donors (Lipinski definition) is 4. The summed E-state index contributed by atoms with van der Waals surface area (Å²) < 4.78 is 43.5. The second-order valence-corrected chi connectivity index (χ2v) is 16.7. The molecule has 12 nitrogen and oxygen atoms in total. The first kappa shape index (κ1) is 28.4. The molecule has 16 heteroatoms. The molecule has 0 saturated carbocycles. The molecule has 0 spiro atoms. The van der Waals surface area contributed by atoms with Crippen LogP contribution in [0.3, 0.4) is 0 Å². The molecule has 1 aliphatic heterocycles. The van der Waals surface area contributed by atoms with E-state index in [9.17, 15) is 0 Å². The van der Waals surface area contributed by atoms with E-state index in [4.69, 9.17) is 44.6 Å². The lowest BCUT2D eigenvalue weighted by atomic mass is 10.3. The zero-order chi connectivity index (χ0) is 28.1. The van der Waals surface area contributed by atoms with Crippen molar-refractivity contribution in [1.82, 2.24) is 0 Å². The molecule has 2 atom stereocenters. The van der Waals surface area contributed by atoms with E-state index in [0.717, 1.165) is 0 Å². The number of hydrogen-bond acceptors (Lipinski definition) is 12.